The minimum atomic E-state index is -4.51. The molecule has 0 aromatic rings. The van der Waals surface area contributed by atoms with Crippen LogP contribution in [0.15, 0.2) is 0 Å². The molecular weight excluding hydrogens is 575 g/mol. The average molecular weight is 651 g/mol. The molecule has 0 radical (unpaired) electrons. The lowest BCUT2D eigenvalue weighted by atomic mass is 10.0. The van der Waals surface area contributed by atoms with Crippen LogP contribution in [0.25, 0.3) is 0 Å². The van der Waals surface area contributed by atoms with Crippen LogP contribution in [0.1, 0.15) is 168 Å². The van der Waals surface area contributed by atoms with Gasteiger partial charge in [0.1, 0.15) is 19.4 Å². The van der Waals surface area contributed by atoms with Crippen molar-refractivity contribution in [2.75, 3.05) is 40.9 Å². The number of aliphatic hydroxyl groups excluding tert-OH is 2. The van der Waals surface area contributed by atoms with E-state index < -0.39 is 26.2 Å². The fourth-order valence-electron chi connectivity index (χ4n) is 5.46. The van der Waals surface area contributed by atoms with Crippen LogP contribution in [0.4, 0.5) is 0 Å². The molecule has 0 aliphatic heterocycles. The van der Waals surface area contributed by atoms with E-state index in [9.17, 15) is 19.7 Å². The number of rotatable bonds is 34. The maximum atomic E-state index is 12.4. The molecule has 0 amide bonds. The third-order valence-corrected chi connectivity index (χ3v) is 9.44. The number of quaternary nitrogens is 1. The molecule has 3 N–H and O–H groups in total. The van der Waals surface area contributed by atoms with Crippen molar-refractivity contribution >= 4 is 7.82 Å². The molecule has 0 fully saturated rings. The van der Waals surface area contributed by atoms with Gasteiger partial charge < -0.3 is 28.6 Å². The Labute approximate surface area is 273 Å². The molecule has 0 saturated heterocycles. The normalized spacial score (nSPS) is 15.7. The van der Waals surface area contributed by atoms with Crippen molar-refractivity contribution in [3.63, 3.8) is 0 Å². The first kappa shape index (κ1) is 43.9. The first-order chi connectivity index (χ1) is 21.0. The number of nitrogens with one attached hydrogen (secondary N) is 1. The Morgan fingerprint density at radius 2 is 1.02 bits per heavy atom. The Morgan fingerprint density at radius 1 is 0.636 bits per heavy atom. The van der Waals surface area contributed by atoms with Gasteiger partial charge in [-0.2, -0.15) is 0 Å². The average Bonchev–Trinajstić information content (AvgIpc) is 2.95. The van der Waals surface area contributed by atoms with Gasteiger partial charge in [0.25, 0.3) is 7.82 Å². The SMILES string of the molecule is CCCCCCCCCCCCCCC[C@@H](O)[C@H](COP(=O)([O-])OCC[N+](C)(C)C)NC(O)CCCCCCCCCCC. The summed E-state index contributed by atoms with van der Waals surface area (Å²) in [7, 11) is 1.37. The summed E-state index contributed by atoms with van der Waals surface area (Å²) in [5, 5.41) is 24.7. The van der Waals surface area contributed by atoms with Gasteiger partial charge in [-0.05, 0) is 19.3 Å². The number of unbranched alkanes of at least 4 members (excludes halogenated alkanes) is 20. The summed E-state index contributed by atoms with van der Waals surface area (Å²) in [6.07, 6.45) is 26.6. The first-order valence-corrected chi connectivity index (χ1v) is 20.0. The van der Waals surface area contributed by atoms with Crippen molar-refractivity contribution in [1.29, 1.82) is 0 Å². The predicted octanol–water partition coefficient (Wildman–Crippen LogP) is 8.23. The predicted molar refractivity (Wildman–Crippen MR) is 184 cm³/mol. The Kier molecular flexibility index (Phi) is 29.1. The number of phosphoric acid groups is 1. The maximum absolute atomic E-state index is 12.4. The van der Waals surface area contributed by atoms with Gasteiger partial charge in [-0.3, -0.25) is 9.88 Å². The zero-order valence-corrected chi connectivity index (χ0v) is 30.6. The van der Waals surface area contributed by atoms with Gasteiger partial charge >= 0.3 is 0 Å². The van der Waals surface area contributed by atoms with Crippen molar-refractivity contribution in [3.05, 3.63) is 0 Å². The Bertz CT molecular complexity index is 664. The second-order valence-electron chi connectivity index (χ2n) is 14.1. The highest BCUT2D eigenvalue weighted by Crippen LogP contribution is 2.38. The molecular formula is C35H75N2O6P. The van der Waals surface area contributed by atoms with Crippen LogP contribution in [-0.2, 0) is 13.6 Å². The standard InChI is InChI=1S/C35H75N2O6P/c1-6-8-10-12-14-16-17-18-19-21-22-24-26-28-34(38)33(32-43-44(40,41)42-31-30-37(3,4)5)36-35(39)29-27-25-23-20-15-13-11-9-7-2/h33-36,38-39H,6-32H2,1-5H3/t33-,34+,35?/m0/s1. The van der Waals surface area contributed by atoms with Crippen LogP contribution in [0.5, 0.6) is 0 Å². The summed E-state index contributed by atoms with van der Waals surface area (Å²) in [6.45, 7) is 4.78. The highest BCUT2D eigenvalue weighted by Gasteiger charge is 2.24. The number of aliphatic hydroxyl groups is 2. The van der Waals surface area contributed by atoms with E-state index in [1.807, 2.05) is 21.1 Å². The van der Waals surface area contributed by atoms with E-state index in [1.54, 1.807) is 0 Å². The summed E-state index contributed by atoms with van der Waals surface area (Å²) >= 11 is 0. The Morgan fingerprint density at radius 3 is 1.43 bits per heavy atom. The second-order valence-corrected chi connectivity index (χ2v) is 15.5. The van der Waals surface area contributed by atoms with Crippen molar-refractivity contribution < 1.29 is 33.2 Å². The molecule has 0 aliphatic rings. The van der Waals surface area contributed by atoms with Crippen LogP contribution in [0.3, 0.4) is 0 Å². The van der Waals surface area contributed by atoms with Gasteiger partial charge in [0.15, 0.2) is 0 Å². The lowest BCUT2D eigenvalue weighted by molar-refractivity contribution is -0.870. The van der Waals surface area contributed by atoms with Gasteiger partial charge in [0.2, 0.25) is 0 Å². The van der Waals surface area contributed by atoms with Gasteiger partial charge in [0.05, 0.1) is 39.9 Å². The van der Waals surface area contributed by atoms with E-state index in [4.69, 9.17) is 9.05 Å². The van der Waals surface area contributed by atoms with E-state index >= 15 is 0 Å². The fourth-order valence-corrected chi connectivity index (χ4v) is 6.18. The van der Waals surface area contributed by atoms with Crippen molar-refractivity contribution in [2.45, 2.75) is 186 Å². The van der Waals surface area contributed by atoms with Crippen LogP contribution >= 0.6 is 7.82 Å². The molecule has 0 heterocycles. The largest absolute Gasteiger partial charge is 0.756 e. The Hall–Kier alpha value is -0.0500. The fraction of sp³-hybridized carbons (Fsp3) is 1.00. The molecule has 0 aromatic carbocycles. The van der Waals surface area contributed by atoms with Crippen molar-refractivity contribution in [3.8, 4) is 0 Å². The molecule has 2 unspecified atom stereocenters. The van der Waals surface area contributed by atoms with Gasteiger partial charge in [-0.25, -0.2) is 0 Å². The lowest BCUT2D eigenvalue weighted by Crippen LogP contribution is -2.48. The van der Waals surface area contributed by atoms with E-state index in [1.165, 1.54) is 103 Å². The van der Waals surface area contributed by atoms with Crippen LogP contribution < -0.4 is 10.2 Å². The third kappa shape index (κ3) is 30.6. The second kappa shape index (κ2) is 29.1. The number of hydrogen-bond acceptors (Lipinski definition) is 7. The number of hydrogen-bond donors (Lipinski definition) is 3. The molecule has 266 valence electrons. The minimum Gasteiger partial charge on any atom is -0.756 e. The topological polar surface area (TPSA) is 111 Å². The minimum absolute atomic E-state index is 0.0329. The quantitative estimate of drug-likeness (QED) is 0.0278. The first-order valence-electron chi connectivity index (χ1n) is 18.5. The molecule has 8 nitrogen and oxygen atoms in total. The highest BCUT2D eigenvalue weighted by molar-refractivity contribution is 7.45. The maximum Gasteiger partial charge on any atom is 0.268 e. The van der Waals surface area contributed by atoms with Crippen LogP contribution in [-0.4, -0.2) is 74.0 Å². The van der Waals surface area contributed by atoms with Crippen molar-refractivity contribution in [1.82, 2.24) is 5.32 Å². The van der Waals surface area contributed by atoms with E-state index in [2.05, 4.69) is 19.2 Å². The summed E-state index contributed by atoms with van der Waals surface area (Å²) in [5.74, 6) is 0. The summed E-state index contributed by atoms with van der Waals surface area (Å²) in [5.41, 5.74) is 0. The molecule has 44 heavy (non-hydrogen) atoms. The van der Waals surface area contributed by atoms with Gasteiger partial charge in [0, 0.05) is 0 Å². The van der Waals surface area contributed by atoms with Gasteiger partial charge in [-0.1, -0.05) is 149 Å². The summed E-state index contributed by atoms with van der Waals surface area (Å²) < 4.78 is 23.2. The molecule has 0 spiro atoms. The van der Waals surface area contributed by atoms with E-state index in [0.29, 0.717) is 23.9 Å². The van der Waals surface area contributed by atoms with E-state index in [-0.39, 0.29) is 13.2 Å². The highest BCUT2D eigenvalue weighted by atomic mass is 31.2. The smallest absolute Gasteiger partial charge is 0.268 e. The van der Waals surface area contributed by atoms with Crippen molar-refractivity contribution in [2.24, 2.45) is 0 Å². The van der Waals surface area contributed by atoms with Crippen LogP contribution in [0, 0.1) is 0 Å². The number of nitrogens with zero attached hydrogens (tertiary/aromatic N) is 1. The number of likely N-dealkylation sites (N-methyl/N-ethyl adjacent to an activating group) is 1. The zero-order chi connectivity index (χ0) is 32.9. The zero-order valence-electron chi connectivity index (χ0n) is 29.7. The lowest BCUT2D eigenvalue weighted by Gasteiger charge is -2.31. The molecule has 0 bridgehead atoms. The molecule has 9 heteroatoms. The number of phosphoric ester groups is 1. The molecule has 0 aliphatic carbocycles. The van der Waals surface area contributed by atoms with E-state index in [0.717, 1.165) is 38.5 Å². The molecule has 0 saturated carbocycles. The third-order valence-electron chi connectivity index (χ3n) is 8.48. The molecule has 4 atom stereocenters. The summed E-state index contributed by atoms with van der Waals surface area (Å²) in [6, 6.07) is -0.690. The molecule has 0 aromatic heterocycles. The van der Waals surface area contributed by atoms with Crippen LogP contribution in [0.2, 0.25) is 0 Å². The summed E-state index contributed by atoms with van der Waals surface area (Å²) in [4.78, 5) is 12.4. The monoisotopic (exact) mass is 651 g/mol. The Balaban J connectivity index is 4.46. The molecule has 0 rings (SSSR count). The van der Waals surface area contributed by atoms with Gasteiger partial charge in [-0.15, -0.1) is 0 Å².